The molecule has 0 aliphatic rings. The zero-order valence-electron chi connectivity index (χ0n) is 15.9. The molecule has 0 fully saturated rings. The van der Waals surface area contributed by atoms with Crippen LogP contribution in [0.25, 0.3) is 0 Å². The van der Waals surface area contributed by atoms with Gasteiger partial charge in [0.05, 0.1) is 12.2 Å². The van der Waals surface area contributed by atoms with E-state index < -0.39 is 0 Å². The van der Waals surface area contributed by atoms with E-state index in [0.29, 0.717) is 13.1 Å². The van der Waals surface area contributed by atoms with Crippen molar-refractivity contribution in [1.82, 2.24) is 20.4 Å². The van der Waals surface area contributed by atoms with Crippen LogP contribution in [-0.4, -0.2) is 22.8 Å². The van der Waals surface area contributed by atoms with Gasteiger partial charge >= 0.3 is 0 Å². The van der Waals surface area contributed by atoms with Crippen LogP contribution in [0, 0.1) is 6.92 Å². The van der Waals surface area contributed by atoms with Gasteiger partial charge in [-0.3, -0.25) is 9.67 Å². The van der Waals surface area contributed by atoms with Gasteiger partial charge in [-0.05, 0) is 31.2 Å². The van der Waals surface area contributed by atoms with Crippen LogP contribution in [0.4, 0.5) is 0 Å². The van der Waals surface area contributed by atoms with E-state index in [1.54, 1.807) is 13.2 Å². The number of ether oxygens (including phenoxy) is 1. The second-order valence-corrected chi connectivity index (χ2v) is 6.25. The lowest BCUT2D eigenvalue weighted by Crippen LogP contribution is -2.36. The number of nitrogens with zero attached hydrogens (tertiary/aromatic N) is 3. The van der Waals surface area contributed by atoms with Crippen molar-refractivity contribution >= 4 is 5.96 Å². The molecule has 0 saturated carbocycles. The van der Waals surface area contributed by atoms with Crippen molar-refractivity contribution in [3.8, 4) is 11.5 Å². The van der Waals surface area contributed by atoms with Crippen LogP contribution in [0.3, 0.4) is 0 Å². The number of rotatable bonds is 6. The molecule has 6 heteroatoms. The van der Waals surface area contributed by atoms with E-state index in [4.69, 9.17) is 4.74 Å². The number of aromatic nitrogens is 2. The normalized spacial score (nSPS) is 11.3. The summed E-state index contributed by atoms with van der Waals surface area (Å²) in [6.45, 7) is 3.32. The van der Waals surface area contributed by atoms with Crippen LogP contribution in [-0.2, 0) is 20.1 Å². The first-order valence-corrected chi connectivity index (χ1v) is 8.89. The van der Waals surface area contributed by atoms with Crippen LogP contribution >= 0.6 is 0 Å². The van der Waals surface area contributed by atoms with E-state index in [-0.39, 0.29) is 0 Å². The molecule has 0 radical (unpaired) electrons. The van der Waals surface area contributed by atoms with Gasteiger partial charge in [0.25, 0.3) is 0 Å². The van der Waals surface area contributed by atoms with E-state index in [2.05, 4.69) is 27.6 Å². The number of hydrogen-bond donors (Lipinski definition) is 2. The molecule has 0 aliphatic heterocycles. The van der Waals surface area contributed by atoms with Gasteiger partial charge in [-0.2, -0.15) is 5.10 Å². The molecule has 0 spiro atoms. The molecule has 27 heavy (non-hydrogen) atoms. The molecule has 0 bridgehead atoms. The van der Waals surface area contributed by atoms with Gasteiger partial charge in [-0.25, -0.2) is 0 Å². The van der Waals surface area contributed by atoms with Crippen LogP contribution in [0.1, 0.15) is 16.8 Å². The maximum atomic E-state index is 6.05. The number of aryl methyl sites for hydroxylation is 2. The molecule has 6 nitrogen and oxygen atoms in total. The lowest BCUT2D eigenvalue weighted by molar-refractivity contribution is 0.475. The monoisotopic (exact) mass is 363 g/mol. The Bertz CT molecular complexity index is 899. The van der Waals surface area contributed by atoms with Crippen molar-refractivity contribution in [3.05, 3.63) is 77.6 Å². The minimum atomic E-state index is 0.604. The summed E-state index contributed by atoms with van der Waals surface area (Å²) in [7, 11) is 3.68. The summed E-state index contributed by atoms with van der Waals surface area (Å²) in [4.78, 5) is 4.28. The third-order valence-corrected chi connectivity index (χ3v) is 4.25. The minimum Gasteiger partial charge on any atom is -0.457 e. The maximum Gasteiger partial charge on any atom is 0.191 e. The van der Waals surface area contributed by atoms with Crippen molar-refractivity contribution in [2.24, 2.45) is 12.0 Å². The highest BCUT2D eigenvalue weighted by Crippen LogP contribution is 2.25. The highest BCUT2D eigenvalue weighted by molar-refractivity contribution is 5.79. The Kier molecular flexibility index (Phi) is 6.10. The Morgan fingerprint density at radius 3 is 2.48 bits per heavy atom. The van der Waals surface area contributed by atoms with E-state index >= 15 is 0 Å². The van der Waals surface area contributed by atoms with Gasteiger partial charge < -0.3 is 15.4 Å². The van der Waals surface area contributed by atoms with Gasteiger partial charge in [-0.1, -0.05) is 35.9 Å². The van der Waals surface area contributed by atoms with E-state index in [9.17, 15) is 0 Å². The molecule has 140 valence electrons. The number of benzene rings is 2. The molecular weight excluding hydrogens is 338 g/mol. The van der Waals surface area contributed by atoms with Gasteiger partial charge in [-0.15, -0.1) is 0 Å². The molecule has 3 rings (SSSR count). The maximum absolute atomic E-state index is 6.05. The minimum absolute atomic E-state index is 0.604. The van der Waals surface area contributed by atoms with Crippen LogP contribution in [0.2, 0.25) is 0 Å². The van der Waals surface area contributed by atoms with Gasteiger partial charge in [0.15, 0.2) is 5.96 Å². The fraction of sp³-hybridized carbons (Fsp3) is 0.238. The Morgan fingerprint density at radius 1 is 1.04 bits per heavy atom. The largest absolute Gasteiger partial charge is 0.457 e. The van der Waals surface area contributed by atoms with Crippen molar-refractivity contribution in [3.63, 3.8) is 0 Å². The quantitative estimate of drug-likeness (QED) is 0.521. The second-order valence-electron chi connectivity index (χ2n) is 6.25. The molecule has 2 N–H and O–H groups in total. The SMILES string of the molecule is CN=C(NCc1ccccc1Oc1ccc(C)cc1)NCc1ccnn1C. The zero-order valence-corrected chi connectivity index (χ0v) is 15.9. The summed E-state index contributed by atoms with van der Waals surface area (Å²) in [5, 5.41) is 10.8. The molecule has 1 aromatic heterocycles. The van der Waals surface area contributed by atoms with Crippen molar-refractivity contribution in [1.29, 1.82) is 0 Å². The Morgan fingerprint density at radius 2 is 1.78 bits per heavy atom. The molecule has 1 heterocycles. The number of nitrogens with one attached hydrogen (secondary N) is 2. The summed E-state index contributed by atoms with van der Waals surface area (Å²) in [6.07, 6.45) is 1.78. The molecule has 2 aromatic carbocycles. The third-order valence-electron chi connectivity index (χ3n) is 4.25. The average molecular weight is 363 g/mol. The fourth-order valence-electron chi connectivity index (χ4n) is 2.63. The fourth-order valence-corrected chi connectivity index (χ4v) is 2.63. The highest BCUT2D eigenvalue weighted by atomic mass is 16.5. The predicted octanol–water partition coefficient (Wildman–Crippen LogP) is 3.39. The third kappa shape index (κ3) is 5.10. The van der Waals surface area contributed by atoms with E-state index in [0.717, 1.165) is 28.7 Å². The lowest BCUT2D eigenvalue weighted by atomic mass is 10.2. The first kappa shape index (κ1) is 18.5. The second kappa shape index (κ2) is 8.89. The summed E-state index contributed by atoms with van der Waals surface area (Å²) >= 11 is 0. The van der Waals surface area contributed by atoms with E-state index in [1.807, 2.05) is 66.3 Å². The summed E-state index contributed by atoms with van der Waals surface area (Å²) < 4.78 is 7.89. The summed E-state index contributed by atoms with van der Waals surface area (Å²) in [6, 6.07) is 18.0. The zero-order chi connectivity index (χ0) is 19.1. The number of aliphatic imine (C=N–C) groups is 1. The molecule has 3 aromatic rings. The van der Waals surface area contributed by atoms with Crippen LogP contribution < -0.4 is 15.4 Å². The van der Waals surface area contributed by atoms with Crippen LogP contribution in [0.15, 0.2) is 65.8 Å². The van der Waals surface area contributed by atoms with Crippen molar-refractivity contribution in [2.75, 3.05) is 7.05 Å². The number of guanidine groups is 1. The molecule has 0 aliphatic carbocycles. The highest BCUT2D eigenvalue weighted by Gasteiger charge is 2.06. The molecule has 0 atom stereocenters. The van der Waals surface area contributed by atoms with Crippen molar-refractivity contribution < 1.29 is 4.74 Å². The number of hydrogen-bond acceptors (Lipinski definition) is 3. The first-order valence-electron chi connectivity index (χ1n) is 8.89. The van der Waals surface area contributed by atoms with Crippen LogP contribution in [0.5, 0.6) is 11.5 Å². The smallest absolute Gasteiger partial charge is 0.191 e. The molecular formula is C21H25N5O. The Labute approximate surface area is 159 Å². The summed E-state index contributed by atoms with van der Waals surface area (Å²) in [5.41, 5.74) is 3.35. The topological polar surface area (TPSA) is 63.5 Å². The van der Waals surface area contributed by atoms with E-state index in [1.165, 1.54) is 5.56 Å². The molecule has 0 unspecified atom stereocenters. The predicted molar refractivity (Wildman–Crippen MR) is 108 cm³/mol. The van der Waals surface area contributed by atoms with Gasteiger partial charge in [0.2, 0.25) is 0 Å². The average Bonchev–Trinajstić information content (AvgIpc) is 3.10. The Balaban J connectivity index is 1.61. The molecule has 0 amide bonds. The molecule has 0 saturated heterocycles. The lowest BCUT2D eigenvalue weighted by Gasteiger charge is -2.15. The Hall–Kier alpha value is -3.28. The van der Waals surface area contributed by atoms with Gasteiger partial charge in [0.1, 0.15) is 11.5 Å². The first-order chi connectivity index (χ1) is 13.2. The van der Waals surface area contributed by atoms with Crippen molar-refractivity contribution in [2.45, 2.75) is 20.0 Å². The summed E-state index contributed by atoms with van der Waals surface area (Å²) in [5.74, 6) is 2.38. The standard InChI is InChI=1S/C21H25N5O/c1-16-8-10-19(11-9-16)27-20-7-5-4-6-17(20)14-23-21(22-2)24-15-18-12-13-25-26(18)3/h4-13H,14-15H2,1-3H3,(H2,22,23,24). The number of para-hydroxylation sites is 1. The van der Waals surface area contributed by atoms with Gasteiger partial charge in [0, 0.05) is 32.4 Å².